The van der Waals surface area contributed by atoms with Crippen LogP contribution in [0.25, 0.3) is 0 Å². The van der Waals surface area contributed by atoms with Gasteiger partial charge in [0.1, 0.15) is 11.4 Å². The van der Waals surface area contributed by atoms with Gasteiger partial charge in [-0.1, -0.05) is 24.3 Å². The predicted octanol–water partition coefficient (Wildman–Crippen LogP) is 5.16. The molecule has 1 aliphatic rings. The molecule has 1 aromatic heterocycles. The minimum atomic E-state index is -4.59. The zero-order valence-electron chi connectivity index (χ0n) is 19.7. The fourth-order valence-corrected chi connectivity index (χ4v) is 5.21. The molecule has 1 N–H and O–H groups in total. The van der Waals surface area contributed by atoms with Crippen molar-refractivity contribution in [3.8, 4) is 5.75 Å². The minimum absolute atomic E-state index is 0.0512. The molecule has 0 saturated carbocycles. The van der Waals surface area contributed by atoms with E-state index < -0.39 is 17.6 Å². The maximum Gasteiger partial charge on any atom is 0.417 e. The van der Waals surface area contributed by atoms with E-state index in [2.05, 4.69) is 10.3 Å². The number of piperidine rings is 1. The van der Waals surface area contributed by atoms with Gasteiger partial charge < -0.3 is 15.0 Å². The number of ether oxygens (including phenoxy) is 1. The van der Waals surface area contributed by atoms with Gasteiger partial charge in [0.2, 0.25) is 0 Å². The van der Waals surface area contributed by atoms with E-state index in [0.29, 0.717) is 44.6 Å². The van der Waals surface area contributed by atoms with E-state index in [4.69, 9.17) is 4.74 Å². The largest absolute Gasteiger partial charge is 0.497 e. The second-order valence-electron chi connectivity index (χ2n) is 8.54. The molecule has 1 aliphatic heterocycles. The third-order valence-electron chi connectivity index (χ3n) is 6.18. The first-order valence-corrected chi connectivity index (χ1v) is 12.5. The first-order chi connectivity index (χ1) is 17.3. The lowest BCUT2D eigenvalue weighted by Gasteiger charge is -2.31. The summed E-state index contributed by atoms with van der Waals surface area (Å²) in [6, 6.07) is 12.5. The molecule has 0 unspecified atom stereocenters. The Morgan fingerprint density at radius 3 is 2.61 bits per heavy atom. The summed E-state index contributed by atoms with van der Waals surface area (Å²) in [6.45, 7) is 1.12. The van der Waals surface area contributed by atoms with Crippen LogP contribution in [0.2, 0.25) is 0 Å². The Kier molecular flexibility index (Phi) is 7.93. The maximum atomic E-state index is 13.3. The van der Waals surface area contributed by atoms with Crippen LogP contribution in [0.5, 0.6) is 5.75 Å². The van der Waals surface area contributed by atoms with Crippen molar-refractivity contribution < 1.29 is 27.5 Å². The van der Waals surface area contributed by atoms with Crippen molar-refractivity contribution >= 4 is 23.2 Å². The summed E-state index contributed by atoms with van der Waals surface area (Å²) < 4.78 is 45.1. The van der Waals surface area contributed by atoms with E-state index in [-0.39, 0.29) is 17.4 Å². The van der Waals surface area contributed by atoms with Crippen LogP contribution in [-0.4, -0.2) is 48.4 Å². The van der Waals surface area contributed by atoms with Crippen molar-refractivity contribution in [2.45, 2.75) is 31.4 Å². The molecule has 0 aliphatic carbocycles. The summed E-state index contributed by atoms with van der Waals surface area (Å²) >= 11 is 1.39. The smallest absolute Gasteiger partial charge is 0.417 e. The van der Waals surface area contributed by atoms with Gasteiger partial charge in [-0.05, 0) is 49.1 Å². The zero-order chi connectivity index (χ0) is 25.7. The van der Waals surface area contributed by atoms with Gasteiger partial charge in [-0.25, -0.2) is 4.98 Å². The average Bonchev–Trinajstić information content (AvgIpc) is 3.38. The summed E-state index contributed by atoms with van der Waals surface area (Å²) in [5.74, 6) is -0.0519. The summed E-state index contributed by atoms with van der Waals surface area (Å²) in [6.07, 6.45) is -2.78. The minimum Gasteiger partial charge on any atom is -0.497 e. The number of benzene rings is 2. The standard InChI is InChI=1S/C26H26F3N3O3S/c1-35-19-6-4-5-17(15-19)9-12-30-23(33)22-16-36-24(31-22)18-10-13-32(14-11-18)25(34)20-7-2-3-8-21(20)26(27,28)29/h2-8,15-16,18H,9-14H2,1H3,(H,30,33). The fraction of sp³-hybridized carbons (Fsp3) is 0.346. The highest BCUT2D eigenvalue weighted by atomic mass is 32.1. The van der Waals surface area contributed by atoms with Crippen molar-refractivity contribution in [3.05, 3.63) is 81.3 Å². The zero-order valence-corrected chi connectivity index (χ0v) is 20.5. The molecule has 0 atom stereocenters. The lowest BCUT2D eigenvalue weighted by molar-refractivity contribution is -0.138. The fourth-order valence-electron chi connectivity index (χ4n) is 4.23. The van der Waals surface area contributed by atoms with Crippen molar-refractivity contribution in [3.63, 3.8) is 0 Å². The van der Waals surface area contributed by atoms with E-state index in [1.165, 1.54) is 34.4 Å². The summed E-state index contributed by atoms with van der Waals surface area (Å²) in [4.78, 5) is 31.3. The number of halogens is 3. The number of aromatic nitrogens is 1. The number of amides is 2. The Labute approximate surface area is 211 Å². The van der Waals surface area contributed by atoms with Gasteiger partial charge in [-0.3, -0.25) is 9.59 Å². The quantitative estimate of drug-likeness (QED) is 0.470. The lowest BCUT2D eigenvalue weighted by atomic mass is 9.96. The maximum absolute atomic E-state index is 13.3. The molecule has 1 saturated heterocycles. The second-order valence-corrected chi connectivity index (χ2v) is 9.43. The molecular formula is C26H26F3N3O3S. The number of thiazole rings is 1. The van der Waals surface area contributed by atoms with Crippen molar-refractivity contribution in [1.29, 1.82) is 0 Å². The third kappa shape index (κ3) is 6.04. The van der Waals surface area contributed by atoms with E-state index in [1.54, 1.807) is 12.5 Å². The van der Waals surface area contributed by atoms with Crippen molar-refractivity contribution in [2.75, 3.05) is 26.7 Å². The Morgan fingerprint density at radius 1 is 1.14 bits per heavy atom. The summed E-state index contributed by atoms with van der Waals surface area (Å²) in [7, 11) is 1.61. The Bertz CT molecular complexity index is 1220. The molecule has 2 heterocycles. The highest BCUT2D eigenvalue weighted by molar-refractivity contribution is 7.09. The number of likely N-dealkylation sites (tertiary alicyclic amines) is 1. The van der Waals surface area contributed by atoms with Crippen LogP contribution in [-0.2, 0) is 12.6 Å². The number of rotatable bonds is 7. The molecule has 3 aromatic rings. The number of methoxy groups -OCH3 is 1. The van der Waals surface area contributed by atoms with Crippen LogP contribution in [0, 0.1) is 0 Å². The number of carbonyl (C=O) groups excluding carboxylic acids is 2. The number of hydrogen-bond donors (Lipinski definition) is 1. The number of hydrogen-bond acceptors (Lipinski definition) is 5. The van der Waals surface area contributed by atoms with Crippen molar-refractivity contribution in [1.82, 2.24) is 15.2 Å². The SMILES string of the molecule is COc1cccc(CCNC(=O)c2csc(C3CCN(C(=O)c4ccccc4C(F)(F)F)CC3)n2)c1. The molecule has 10 heteroatoms. The van der Waals surface area contributed by atoms with E-state index in [9.17, 15) is 22.8 Å². The highest BCUT2D eigenvalue weighted by Crippen LogP contribution is 2.34. The normalized spacial score (nSPS) is 14.5. The van der Waals surface area contributed by atoms with E-state index >= 15 is 0 Å². The second kappa shape index (κ2) is 11.1. The van der Waals surface area contributed by atoms with Crippen LogP contribution < -0.4 is 10.1 Å². The van der Waals surface area contributed by atoms with Crippen molar-refractivity contribution in [2.24, 2.45) is 0 Å². The van der Waals surface area contributed by atoms with Gasteiger partial charge in [0.25, 0.3) is 11.8 Å². The molecule has 0 spiro atoms. The first-order valence-electron chi connectivity index (χ1n) is 11.6. The predicted molar refractivity (Wildman–Crippen MR) is 130 cm³/mol. The van der Waals surface area contributed by atoms with Gasteiger partial charge >= 0.3 is 6.18 Å². The van der Waals surface area contributed by atoms with Gasteiger partial charge in [0.15, 0.2) is 0 Å². The van der Waals surface area contributed by atoms with Gasteiger partial charge in [0, 0.05) is 30.9 Å². The molecule has 6 nitrogen and oxygen atoms in total. The Balaban J connectivity index is 1.30. The molecule has 2 aromatic carbocycles. The summed E-state index contributed by atoms with van der Waals surface area (Å²) in [5, 5.41) is 5.40. The van der Waals surface area contributed by atoms with E-state index in [0.717, 1.165) is 22.4 Å². The van der Waals surface area contributed by atoms with E-state index in [1.807, 2.05) is 24.3 Å². The number of alkyl halides is 3. The van der Waals surface area contributed by atoms with Crippen LogP contribution in [0.3, 0.4) is 0 Å². The van der Waals surface area contributed by atoms with Crippen LogP contribution in [0.4, 0.5) is 13.2 Å². The third-order valence-corrected chi connectivity index (χ3v) is 7.19. The molecule has 36 heavy (non-hydrogen) atoms. The molecular weight excluding hydrogens is 491 g/mol. The molecule has 0 radical (unpaired) electrons. The Hall–Kier alpha value is -3.40. The average molecular weight is 518 g/mol. The number of nitrogens with zero attached hydrogens (tertiary/aromatic N) is 2. The summed E-state index contributed by atoms with van der Waals surface area (Å²) in [5.41, 5.74) is 0.149. The van der Waals surface area contributed by atoms with Gasteiger partial charge in [-0.15, -0.1) is 11.3 Å². The first kappa shape index (κ1) is 25.7. The topological polar surface area (TPSA) is 71.5 Å². The van der Waals surface area contributed by atoms with Crippen LogP contribution >= 0.6 is 11.3 Å². The van der Waals surface area contributed by atoms with Crippen LogP contribution in [0.15, 0.2) is 53.9 Å². The Morgan fingerprint density at radius 2 is 1.89 bits per heavy atom. The molecule has 1 fully saturated rings. The highest BCUT2D eigenvalue weighted by Gasteiger charge is 2.36. The molecule has 190 valence electrons. The lowest BCUT2D eigenvalue weighted by Crippen LogP contribution is -2.38. The number of carbonyl (C=O) groups is 2. The molecule has 0 bridgehead atoms. The van der Waals surface area contributed by atoms with Crippen LogP contribution in [0.1, 0.15) is 55.7 Å². The van der Waals surface area contributed by atoms with Gasteiger partial charge in [-0.2, -0.15) is 13.2 Å². The molecule has 4 rings (SSSR count). The molecule has 2 amide bonds. The van der Waals surface area contributed by atoms with Gasteiger partial charge in [0.05, 0.1) is 23.2 Å². The monoisotopic (exact) mass is 517 g/mol. The number of nitrogens with one attached hydrogen (secondary N) is 1.